The van der Waals surface area contributed by atoms with Gasteiger partial charge in [0.15, 0.2) is 17.8 Å². The number of amides is 4. The summed E-state index contributed by atoms with van der Waals surface area (Å²) in [6, 6.07) is 22.2. The molecule has 0 spiro atoms. The minimum Gasteiger partial charge on any atom is -0.494 e. The van der Waals surface area contributed by atoms with Gasteiger partial charge >= 0.3 is 6.18 Å². The first kappa shape index (κ1) is 53.1. The first-order valence-corrected chi connectivity index (χ1v) is 23.1. The van der Waals surface area contributed by atoms with Gasteiger partial charge in [0.25, 0.3) is 0 Å². The first-order valence-electron chi connectivity index (χ1n) is 22.7. The number of thiocarbonyl (C=S) groups is 1. The number of carbonyl (C=O) groups excluding carboxylic acids is 4. The number of halogens is 3. The molecule has 3 atom stereocenters. The number of aromatic nitrogens is 2. The maximum absolute atomic E-state index is 14.0. The number of benzene rings is 3. The Morgan fingerprint density at radius 3 is 2.21 bits per heavy atom. The summed E-state index contributed by atoms with van der Waals surface area (Å²) < 4.78 is 57.3. The Morgan fingerprint density at radius 2 is 1.61 bits per heavy atom. The predicted octanol–water partition coefficient (Wildman–Crippen LogP) is 7.46. The Morgan fingerprint density at radius 1 is 0.958 bits per heavy atom. The summed E-state index contributed by atoms with van der Waals surface area (Å²) >= 11 is 5.25. The van der Waals surface area contributed by atoms with Crippen molar-refractivity contribution in [2.75, 3.05) is 36.6 Å². The fourth-order valence-electron chi connectivity index (χ4n) is 7.74. The molecule has 1 fully saturated rings. The molecule has 4 N–H and O–H groups in total. The van der Waals surface area contributed by atoms with Crippen molar-refractivity contribution in [2.45, 2.75) is 90.3 Å². The number of carbonyl (C=O) groups is 4. The zero-order chi connectivity index (χ0) is 51.5. The fourth-order valence-corrected chi connectivity index (χ4v) is 8.13. The Kier molecular flexibility index (Phi) is 17.3. The highest BCUT2D eigenvalue weighted by Crippen LogP contribution is 2.34. The molecule has 1 aliphatic heterocycles. The molecule has 0 aliphatic carbocycles. The minimum atomic E-state index is -4.84. The summed E-state index contributed by atoms with van der Waals surface area (Å²) in [5.74, 6) is -0.776. The molecule has 0 bridgehead atoms. The number of nitrogens with one attached hydrogen (secondary N) is 3. The molecule has 5 aromatic rings. The lowest BCUT2D eigenvalue weighted by molar-refractivity contribution is -0.144. The van der Waals surface area contributed by atoms with Gasteiger partial charge in [-0.15, -0.1) is 0 Å². The molecular weight excluding hydrogens is 942 g/mol. The number of pyridine rings is 1. The van der Waals surface area contributed by atoms with Crippen molar-refractivity contribution in [2.24, 2.45) is 5.41 Å². The number of ether oxygens (including phenoxy) is 2. The molecule has 4 amide bonds. The molecule has 6 rings (SSSR count). The Labute approximate surface area is 414 Å². The highest BCUT2D eigenvalue weighted by atomic mass is 32.1. The van der Waals surface area contributed by atoms with E-state index in [4.69, 9.17) is 31.4 Å². The number of hydrogen-bond donors (Lipinski definition) is 4. The van der Waals surface area contributed by atoms with Crippen LogP contribution in [0.5, 0.6) is 5.75 Å². The van der Waals surface area contributed by atoms with Crippen molar-refractivity contribution < 1.29 is 51.3 Å². The minimum absolute atomic E-state index is 0.0471. The second-order valence-corrected chi connectivity index (χ2v) is 18.7. The molecule has 71 heavy (non-hydrogen) atoms. The average Bonchev–Trinajstić information content (AvgIpc) is 4.03. The van der Waals surface area contributed by atoms with Crippen LogP contribution in [0.15, 0.2) is 102 Å². The average molecular weight is 997 g/mol. The van der Waals surface area contributed by atoms with Crippen LogP contribution in [0.1, 0.15) is 70.7 Å². The molecule has 1 aliphatic rings. The Balaban J connectivity index is 0.917. The summed E-state index contributed by atoms with van der Waals surface area (Å²) in [6.45, 7) is 9.08. The van der Waals surface area contributed by atoms with Crippen molar-refractivity contribution in [1.82, 2.24) is 25.5 Å². The molecule has 20 heteroatoms. The number of rotatable bonds is 20. The highest BCUT2D eigenvalue weighted by molar-refractivity contribution is 7.79. The Bertz CT molecular complexity index is 2690. The number of nitrogens with zero attached hydrogens (tertiary/aromatic N) is 5. The second kappa shape index (κ2) is 23.1. The van der Waals surface area contributed by atoms with E-state index in [2.05, 4.69) is 25.9 Å². The van der Waals surface area contributed by atoms with E-state index in [0.717, 1.165) is 28.5 Å². The van der Waals surface area contributed by atoms with E-state index < -0.39 is 70.2 Å². The van der Waals surface area contributed by atoms with Gasteiger partial charge in [-0.25, -0.2) is 9.97 Å². The molecule has 2 aromatic heterocycles. The van der Waals surface area contributed by atoms with Crippen LogP contribution in [-0.2, 0) is 36.6 Å². The third-order valence-electron chi connectivity index (χ3n) is 11.8. The summed E-state index contributed by atoms with van der Waals surface area (Å²) in [4.78, 5) is 64.1. The van der Waals surface area contributed by atoms with Gasteiger partial charge in [-0.2, -0.15) is 18.4 Å². The Hall–Kier alpha value is -7.21. The van der Waals surface area contributed by atoms with E-state index in [1.807, 2.05) is 81.4 Å². The largest absolute Gasteiger partial charge is 0.494 e. The van der Waals surface area contributed by atoms with Crippen LogP contribution in [0.3, 0.4) is 0 Å². The summed E-state index contributed by atoms with van der Waals surface area (Å²) in [5.41, 5.74) is 0.875. The standard InChI is InChI=1S/C51H55F3N8O8S/c1-49(2,3)45(47(66)61-28-38(63)23-42(61)46(65)58-25-32-8-10-35(11-9-32)43-27-56-30-70-43)60-44(64)29-68-20-6-7-21-69-39-18-14-34(15-19-39)33-12-16-37(17-13-33)62(31-71)50(4,5)48(67)59-36-22-40(51(52,53)54)41(24-55)57-26-36/h8-19,22,26-27,30-31,38,42,45,63H,6-7,20-21,23,25,28-29H2,1-5H3,(H,58,65)(H,59,67)(H,60,64)/t38-,42?,45-/m1/s1. The van der Waals surface area contributed by atoms with Crippen molar-refractivity contribution >= 4 is 52.7 Å². The van der Waals surface area contributed by atoms with Crippen molar-refractivity contribution in [3.05, 3.63) is 114 Å². The van der Waals surface area contributed by atoms with E-state index in [9.17, 15) is 37.5 Å². The molecule has 3 aromatic carbocycles. The van der Waals surface area contributed by atoms with E-state index in [-0.39, 0.29) is 38.4 Å². The summed E-state index contributed by atoms with van der Waals surface area (Å²) in [5, 5.41) is 27.7. The number of aliphatic hydroxyl groups excluding tert-OH is 1. The van der Waals surface area contributed by atoms with Gasteiger partial charge in [0.2, 0.25) is 23.6 Å². The quantitative estimate of drug-likeness (QED) is 0.0441. The molecule has 374 valence electrons. The number of oxazole rings is 1. The van der Waals surface area contributed by atoms with Gasteiger partial charge in [-0.3, -0.25) is 19.2 Å². The van der Waals surface area contributed by atoms with E-state index in [1.54, 1.807) is 32.2 Å². The van der Waals surface area contributed by atoms with Crippen molar-refractivity contribution in [3.8, 4) is 34.3 Å². The molecule has 0 radical (unpaired) electrons. The molecular formula is C51H55F3N8O8S. The van der Waals surface area contributed by atoms with Crippen LogP contribution in [0.25, 0.3) is 22.5 Å². The SMILES string of the molecule is CC(C)(C)[C@H](NC(=O)COCCCCOc1ccc(-c2ccc(N(C=S)C(C)(C)C(=O)Nc3cnc(C#N)c(C(F)(F)F)c3)cc2)cc1)C(=O)N1C[C@H](O)CC1C(=O)NCc1ccc(-c2cnco2)cc1. The number of anilines is 2. The number of likely N-dealkylation sites (tertiary alicyclic amines) is 1. The number of aliphatic hydroxyl groups is 1. The molecule has 16 nitrogen and oxygen atoms in total. The lowest BCUT2D eigenvalue weighted by Gasteiger charge is -2.35. The lowest BCUT2D eigenvalue weighted by Crippen LogP contribution is -2.58. The van der Waals surface area contributed by atoms with Gasteiger partial charge in [-0.05, 0) is 79.1 Å². The first-order chi connectivity index (χ1) is 33.7. The van der Waals surface area contributed by atoms with Crippen LogP contribution >= 0.6 is 12.2 Å². The van der Waals surface area contributed by atoms with Gasteiger partial charge in [0, 0.05) is 37.4 Å². The molecule has 1 unspecified atom stereocenters. The van der Waals surface area contributed by atoms with Crippen LogP contribution in [-0.4, -0.2) is 99.2 Å². The van der Waals surface area contributed by atoms with Crippen LogP contribution < -0.4 is 25.6 Å². The van der Waals surface area contributed by atoms with Crippen LogP contribution in [0.4, 0.5) is 24.5 Å². The van der Waals surface area contributed by atoms with E-state index in [1.165, 1.54) is 27.8 Å². The maximum Gasteiger partial charge on any atom is 0.419 e. The topological polar surface area (TPSA) is 212 Å². The fraction of sp³-hybridized carbons (Fsp3) is 0.373. The number of nitriles is 1. The highest BCUT2D eigenvalue weighted by Gasteiger charge is 2.44. The third-order valence-corrected chi connectivity index (χ3v) is 12.0. The van der Waals surface area contributed by atoms with E-state index >= 15 is 0 Å². The zero-order valence-corrected chi connectivity index (χ0v) is 40.6. The molecule has 0 saturated carbocycles. The molecule has 1 saturated heterocycles. The van der Waals surface area contributed by atoms with E-state index in [0.29, 0.717) is 42.7 Å². The van der Waals surface area contributed by atoms with Crippen LogP contribution in [0.2, 0.25) is 0 Å². The van der Waals surface area contributed by atoms with Gasteiger partial charge in [0.05, 0.1) is 41.8 Å². The monoisotopic (exact) mass is 996 g/mol. The normalized spacial score (nSPS) is 15.3. The van der Waals surface area contributed by atoms with Crippen LogP contribution in [0, 0.1) is 16.7 Å². The van der Waals surface area contributed by atoms with Crippen molar-refractivity contribution in [3.63, 3.8) is 0 Å². The third kappa shape index (κ3) is 13.8. The maximum atomic E-state index is 14.0. The number of hydrogen-bond acceptors (Lipinski definition) is 12. The summed E-state index contributed by atoms with van der Waals surface area (Å²) in [6.07, 6.45) is -0.514. The zero-order valence-electron chi connectivity index (χ0n) is 39.8. The van der Waals surface area contributed by atoms with Gasteiger partial charge in [0.1, 0.15) is 36.0 Å². The lowest BCUT2D eigenvalue weighted by atomic mass is 9.85. The smallest absolute Gasteiger partial charge is 0.419 e. The number of alkyl halides is 3. The van der Waals surface area contributed by atoms with Gasteiger partial charge < -0.3 is 44.7 Å². The number of unbranched alkanes of at least 4 members (excludes halogenated alkanes) is 1. The predicted molar refractivity (Wildman–Crippen MR) is 262 cm³/mol. The van der Waals surface area contributed by atoms with Crippen molar-refractivity contribution in [1.29, 1.82) is 5.26 Å². The second-order valence-electron chi connectivity index (χ2n) is 18.4. The number of β-amino-alcohol motifs (C(OH)–C–C–N with tert-alkyl or cyclic N) is 1. The van der Waals surface area contributed by atoms with Gasteiger partial charge in [-0.1, -0.05) is 81.5 Å². The summed E-state index contributed by atoms with van der Waals surface area (Å²) in [7, 11) is 0. The molecule has 3 heterocycles.